The van der Waals surface area contributed by atoms with Crippen LogP contribution in [-0.4, -0.2) is 45.8 Å². The molecule has 1 saturated heterocycles. The van der Waals surface area contributed by atoms with Crippen molar-refractivity contribution < 1.29 is 9.90 Å². The number of halogens is 2. The molecule has 2 rings (SSSR count). The van der Waals surface area contributed by atoms with Crippen molar-refractivity contribution in [3.63, 3.8) is 0 Å². The summed E-state index contributed by atoms with van der Waals surface area (Å²) in [5, 5.41) is 16.3. The minimum atomic E-state index is -0.183. The van der Waals surface area contributed by atoms with Gasteiger partial charge in [0.1, 0.15) is 0 Å². The number of nitrogens with zero attached hydrogens (tertiary/aromatic N) is 3. The molecule has 1 aromatic rings. The summed E-state index contributed by atoms with van der Waals surface area (Å²) in [7, 11) is 0. The molecular formula is C11H13Cl2N3O2. The molecule has 0 radical (unpaired) electrons. The molecule has 0 bridgehead atoms. The predicted molar refractivity (Wildman–Crippen MR) is 67.8 cm³/mol. The number of aliphatic hydroxyl groups excluding tert-OH is 1. The summed E-state index contributed by atoms with van der Waals surface area (Å²) in [5.41, 5.74) is 0.279. The lowest BCUT2D eigenvalue weighted by atomic mass is 10.1. The minimum Gasteiger partial charge on any atom is -0.396 e. The summed E-state index contributed by atoms with van der Waals surface area (Å²) in [6.45, 7) is 1.45. The van der Waals surface area contributed by atoms with E-state index < -0.39 is 0 Å². The summed E-state index contributed by atoms with van der Waals surface area (Å²) in [5.74, 6) is 0.167. The molecule has 0 aliphatic carbocycles. The Bertz CT molecular complexity index is 456. The van der Waals surface area contributed by atoms with Gasteiger partial charge in [-0.25, -0.2) is 0 Å². The highest BCUT2D eigenvalue weighted by Gasteiger charge is 2.28. The van der Waals surface area contributed by atoms with Crippen LogP contribution in [0.15, 0.2) is 6.07 Å². The summed E-state index contributed by atoms with van der Waals surface area (Å²) in [6, 6.07) is 1.43. The SMILES string of the molecule is O=C(c1cc(Cl)nnc1Cl)N1CCC(CCO)C1. The Balaban J connectivity index is 2.10. The average Bonchev–Trinajstić information content (AvgIpc) is 2.80. The molecule has 5 nitrogen and oxygen atoms in total. The van der Waals surface area contributed by atoms with Crippen molar-refractivity contribution in [2.24, 2.45) is 5.92 Å². The lowest BCUT2D eigenvalue weighted by Gasteiger charge is -2.16. The van der Waals surface area contributed by atoms with E-state index >= 15 is 0 Å². The van der Waals surface area contributed by atoms with E-state index in [0.717, 1.165) is 6.42 Å². The van der Waals surface area contributed by atoms with Gasteiger partial charge in [-0.2, -0.15) is 0 Å². The Labute approximate surface area is 115 Å². The number of hydrogen-bond donors (Lipinski definition) is 1. The molecule has 1 aromatic heterocycles. The van der Waals surface area contributed by atoms with Gasteiger partial charge in [0, 0.05) is 19.7 Å². The van der Waals surface area contributed by atoms with Crippen molar-refractivity contribution >= 4 is 29.1 Å². The number of carbonyl (C=O) groups is 1. The first-order chi connectivity index (χ1) is 8.61. The highest BCUT2D eigenvalue weighted by atomic mass is 35.5. The molecule has 1 atom stereocenters. The lowest BCUT2D eigenvalue weighted by molar-refractivity contribution is 0.0784. The highest BCUT2D eigenvalue weighted by Crippen LogP contribution is 2.24. The second kappa shape index (κ2) is 5.82. The molecule has 1 aliphatic rings. The maximum absolute atomic E-state index is 12.2. The first-order valence-corrected chi connectivity index (χ1v) is 6.46. The molecule has 1 N–H and O–H groups in total. The molecule has 7 heteroatoms. The average molecular weight is 290 g/mol. The molecule has 1 unspecified atom stereocenters. The van der Waals surface area contributed by atoms with Crippen molar-refractivity contribution in [2.45, 2.75) is 12.8 Å². The van der Waals surface area contributed by atoms with Gasteiger partial charge < -0.3 is 10.0 Å². The molecule has 98 valence electrons. The first kappa shape index (κ1) is 13.5. The van der Waals surface area contributed by atoms with E-state index in [1.807, 2.05) is 0 Å². The van der Waals surface area contributed by atoms with Crippen LogP contribution in [0, 0.1) is 5.92 Å². The summed E-state index contributed by atoms with van der Waals surface area (Å²) in [4.78, 5) is 13.9. The normalized spacial score (nSPS) is 19.3. The smallest absolute Gasteiger partial charge is 0.257 e. The largest absolute Gasteiger partial charge is 0.396 e. The highest BCUT2D eigenvalue weighted by molar-refractivity contribution is 6.34. The fourth-order valence-corrected chi connectivity index (χ4v) is 2.43. The van der Waals surface area contributed by atoms with Crippen LogP contribution in [0.4, 0.5) is 0 Å². The molecule has 1 aliphatic heterocycles. The Kier molecular flexibility index (Phi) is 4.37. The number of rotatable bonds is 3. The Morgan fingerprint density at radius 2 is 2.28 bits per heavy atom. The zero-order valence-electron chi connectivity index (χ0n) is 9.64. The molecule has 0 aromatic carbocycles. The van der Waals surface area contributed by atoms with E-state index in [4.69, 9.17) is 28.3 Å². The second-order valence-corrected chi connectivity index (χ2v) is 5.03. The molecule has 1 fully saturated rings. The fourth-order valence-electron chi connectivity index (χ4n) is 2.11. The van der Waals surface area contributed by atoms with E-state index in [1.165, 1.54) is 6.07 Å². The van der Waals surface area contributed by atoms with Gasteiger partial charge in [0.05, 0.1) is 5.56 Å². The quantitative estimate of drug-likeness (QED) is 0.918. The number of aliphatic hydroxyl groups is 1. The topological polar surface area (TPSA) is 66.3 Å². The lowest BCUT2D eigenvalue weighted by Crippen LogP contribution is -2.29. The first-order valence-electron chi connectivity index (χ1n) is 5.70. The number of aromatic nitrogens is 2. The van der Waals surface area contributed by atoms with Gasteiger partial charge in [0.25, 0.3) is 5.91 Å². The van der Waals surface area contributed by atoms with Crippen LogP contribution in [-0.2, 0) is 0 Å². The zero-order valence-corrected chi connectivity index (χ0v) is 11.2. The van der Waals surface area contributed by atoms with Gasteiger partial charge in [0.15, 0.2) is 10.3 Å². The van der Waals surface area contributed by atoms with Crippen LogP contribution in [0.5, 0.6) is 0 Å². The van der Waals surface area contributed by atoms with Gasteiger partial charge >= 0.3 is 0 Å². The monoisotopic (exact) mass is 289 g/mol. The van der Waals surface area contributed by atoms with Gasteiger partial charge in [-0.05, 0) is 24.8 Å². The van der Waals surface area contributed by atoms with Crippen molar-refractivity contribution in [3.05, 3.63) is 21.9 Å². The maximum Gasteiger partial charge on any atom is 0.257 e. The van der Waals surface area contributed by atoms with Crippen molar-refractivity contribution in [2.75, 3.05) is 19.7 Å². The van der Waals surface area contributed by atoms with E-state index in [1.54, 1.807) is 4.90 Å². The van der Waals surface area contributed by atoms with E-state index in [2.05, 4.69) is 10.2 Å². The van der Waals surface area contributed by atoms with Gasteiger partial charge in [-0.1, -0.05) is 23.2 Å². The van der Waals surface area contributed by atoms with Gasteiger partial charge in [-0.15, -0.1) is 10.2 Å². The molecule has 0 saturated carbocycles. The predicted octanol–water partition coefficient (Wildman–Crippen LogP) is 1.63. The minimum absolute atomic E-state index is 0.0648. The number of hydrogen-bond acceptors (Lipinski definition) is 4. The number of likely N-dealkylation sites (tertiary alicyclic amines) is 1. The van der Waals surface area contributed by atoms with Gasteiger partial charge in [-0.3, -0.25) is 4.79 Å². The maximum atomic E-state index is 12.2. The summed E-state index contributed by atoms with van der Waals surface area (Å²) < 4.78 is 0. The standard InChI is InChI=1S/C11H13Cl2N3O2/c12-9-5-8(10(13)15-14-9)11(18)16-3-1-7(6-16)2-4-17/h5,7,17H,1-4,6H2. The fraction of sp³-hybridized carbons (Fsp3) is 0.545. The van der Waals surface area contributed by atoms with Crippen LogP contribution in [0.25, 0.3) is 0 Å². The molecular weight excluding hydrogens is 277 g/mol. The Hall–Kier alpha value is -0.910. The van der Waals surface area contributed by atoms with Crippen LogP contribution in [0.2, 0.25) is 10.3 Å². The Morgan fingerprint density at radius 3 is 3.00 bits per heavy atom. The molecule has 1 amide bonds. The zero-order chi connectivity index (χ0) is 13.1. The van der Waals surface area contributed by atoms with Crippen LogP contribution < -0.4 is 0 Å². The third kappa shape index (κ3) is 2.91. The third-order valence-corrected chi connectivity index (χ3v) is 3.52. The third-order valence-electron chi connectivity index (χ3n) is 3.06. The van der Waals surface area contributed by atoms with Crippen molar-refractivity contribution in [3.8, 4) is 0 Å². The van der Waals surface area contributed by atoms with Crippen LogP contribution >= 0.6 is 23.2 Å². The second-order valence-electron chi connectivity index (χ2n) is 4.29. The van der Waals surface area contributed by atoms with E-state index in [9.17, 15) is 4.79 Å². The molecule has 0 spiro atoms. The molecule has 18 heavy (non-hydrogen) atoms. The Morgan fingerprint density at radius 1 is 1.50 bits per heavy atom. The van der Waals surface area contributed by atoms with Gasteiger partial charge in [0.2, 0.25) is 0 Å². The van der Waals surface area contributed by atoms with Crippen molar-refractivity contribution in [1.29, 1.82) is 0 Å². The van der Waals surface area contributed by atoms with E-state index in [0.29, 0.717) is 25.4 Å². The van der Waals surface area contributed by atoms with Crippen LogP contribution in [0.3, 0.4) is 0 Å². The van der Waals surface area contributed by atoms with Crippen LogP contribution in [0.1, 0.15) is 23.2 Å². The number of amides is 1. The van der Waals surface area contributed by atoms with Crippen molar-refractivity contribution in [1.82, 2.24) is 15.1 Å². The summed E-state index contributed by atoms with van der Waals surface area (Å²) in [6.07, 6.45) is 1.61. The van der Waals surface area contributed by atoms with E-state index in [-0.39, 0.29) is 28.4 Å². The summed E-state index contributed by atoms with van der Waals surface area (Å²) >= 11 is 11.6. The number of carbonyl (C=O) groups excluding carboxylic acids is 1. The molecule has 2 heterocycles.